The minimum Gasteiger partial charge on any atom is -0.497 e. The molecule has 0 amide bonds. The maximum atomic E-state index is 6.14. The van der Waals surface area contributed by atoms with Crippen molar-refractivity contribution < 1.29 is 9.47 Å². The van der Waals surface area contributed by atoms with Gasteiger partial charge in [-0.05, 0) is 34.5 Å². The van der Waals surface area contributed by atoms with Crippen molar-refractivity contribution in [1.82, 2.24) is 9.97 Å². The molecular formula is C14H14BrClN2O2. The lowest BCUT2D eigenvalue weighted by Gasteiger charge is -2.11. The molecule has 20 heavy (non-hydrogen) atoms. The Kier molecular flexibility index (Phi) is 4.83. The topological polar surface area (TPSA) is 44.2 Å². The molecule has 0 spiro atoms. The van der Waals surface area contributed by atoms with Gasteiger partial charge in [-0.2, -0.15) is 0 Å². The maximum absolute atomic E-state index is 6.14. The molecule has 0 aliphatic carbocycles. The quantitative estimate of drug-likeness (QED) is 0.771. The number of aryl methyl sites for hydroxylation is 1. The molecule has 0 unspecified atom stereocenters. The van der Waals surface area contributed by atoms with Gasteiger partial charge in [0.1, 0.15) is 16.7 Å². The lowest BCUT2D eigenvalue weighted by atomic mass is 10.1. The number of rotatable bonds is 4. The highest BCUT2D eigenvalue weighted by Gasteiger charge is 2.15. The van der Waals surface area contributed by atoms with Gasteiger partial charge in [0.25, 0.3) is 0 Å². The fraction of sp³-hybridized carbons (Fsp3) is 0.286. The Morgan fingerprint density at radius 2 is 1.95 bits per heavy atom. The van der Waals surface area contributed by atoms with E-state index in [-0.39, 0.29) is 0 Å². The number of benzene rings is 1. The predicted octanol–water partition coefficient (Wildman–Crippen LogP) is 4.14. The molecule has 1 heterocycles. The number of methoxy groups -OCH3 is 2. The third-order valence-electron chi connectivity index (χ3n) is 2.86. The van der Waals surface area contributed by atoms with Crippen molar-refractivity contribution in [2.45, 2.75) is 13.3 Å². The summed E-state index contributed by atoms with van der Waals surface area (Å²) >= 11 is 9.54. The fourth-order valence-electron chi connectivity index (χ4n) is 1.80. The third kappa shape index (κ3) is 2.88. The van der Waals surface area contributed by atoms with E-state index in [4.69, 9.17) is 21.1 Å². The molecule has 0 bridgehead atoms. The van der Waals surface area contributed by atoms with E-state index in [0.29, 0.717) is 22.5 Å². The summed E-state index contributed by atoms with van der Waals surface area (Å²) in [6, 6.07) is 5.49. The number of hydrogen-bond acceptors (Lipinski definition) is 4. The van der Waals surface area contributed by atoms with Gasteiger partial charge in [0, 0.05) is 6.07 Å². The molecule has 106 valence electrons. The first-order valence-corrected chi connectivity index (χ1v) is 7.22. The molecule has 0 saturated heterocycles. The van der Waals surface area contributed by atoms with E-state index in [1.807, 2.05) is 19.1 Å². The number of hydrogen-bond donors (Lipinski definition) is 0. The maximum Gasteiger partial charge on any atom is 0.164 e. The minimum atomic E-state index is 0.393. The van der Waals surface area contributed by atoms with Crippen molar-refractivity contribution in [2.24, 2.45) is 0 Å². The predicted molar refractivity (Wildman–Crippen MR) is 82.7 cm³/mol. The van der Waals surface area contributed by atoms with Crippen LogP contribution in [0.1, 0.15) is 12.6 Å². The van der Waals surface area contributed by atoms with Crippen LogP contribution < -0.4 is 9.47 Å². The van der Waals surface area contributed by atoms with Crippen LogP contribution in [0.3, 0.4) is 0 Å². The second-order valence-electron chi connectivity index (χ2n) is 4.02. The second-order valence-corrected chi connectivity index (χ2v) is 5.17. The van der Waals surface area contributed by atoms with Crippen molar-refractivity contribution in [3.8, 4) is 22.9 Å². The Morgan fingerprint density at radius 3 is 2.55 bits per heavy atom. The van der Waals surface area contributed by atoms with Crippen LogP contribution in [-0.4, -0.2) is 24.2 Å². The molecule has 0 aliphatic heterocycles. The van der Waals surface area contributed by atoms with E-state index in [0.717, 1.165) is 22.2 Å². The van der Waals surface area contributed by atoms with E-state index in [1.165, 1.54) is 0 Å². The van der Waals surface area contributed by atoms with Crippen molar-refractivity contribution in [3.05, 3.63) is 33.5 Å². The first-order chi connectivity index (χ1) is 9.60. The molecule has 0 aliphatic rings. The molecule has 0 radical (unpaired) electrons. The van der Waals surface area contributed by atoms with Crippen LogP contribution >= 0.6 is 27.5 Å². The Hall–Kier alpha value is -1.33. The van der Waals surface area contributed by atoms with Gasteiger partial charge in [-0.1, -0.05) is 18.5 Å². The standard InChI is InChI=1S/C14H14BrClN2O2/c1-4-10-12(15)13(16)18-14(17-10)9-6-5-8(19-2)7-11(9)20-3/h5-7H,4H2,1-3H3. The summed E-state index contributed by atoms with van der Waals surface area (Å²) in [5.74, 6) is 1.89. The zero-order valence-electron chi connectivity index (χ0n) is 11.4. The monoisotopic (exact) mass is 356 g/mol. The third-order valence-corrected chi connectivity index (χ3v) is 4.20. The lowest BCUT2D eigenvalue weighted by molar-refractivity contribution is 0.395. The second kappa shape index (κ2) is 6.41. The molecule has 2 rings (SSSR count). The highest BCUT2D eigenvalue weighted by atomic mass is 79.9. The minimum absolute atomic E-state index is 0.393. The highest BCUT2D eigenvalue weighted by Crippen LogP contribution is 2.34. The molecule has 0 atom stereocenters. The van der Waals surface area contributed by atoms with Crippen molar-refractivity contribution >= 4 is 27.5 Å². The van der Waals surface area contributed by atoms with Crippen molar-refractivity contribution in [1.29, 1.82) is 0 Å². The number of aromatic nitrogens is 2. The van der Waals surface area contributed by atoms with Crippen LogP contribution in [0, 0.1) is 0 Å². The number of nitrogens with zero attached hydrogens (tertiary/aromatic N) is 2. The van der Waals surface area contributed by atoms with Crippen molar-refractivity contribution in [2.75, 3.05) is 14.2 Å². The Morgan fingerprint density at radius 1 is 1.20 bits per heavy atom. The van der Waals surface area contributed by atoms with Gasteiger partial charge >= 0.3 is 0 Å². The van der Waals surface area contributed by atoms with E-state index in [2.05, 4.69) is 25.9 Å². The fourth-order valence-corrected chi connectivity index (χ4v) is 2.45. The molecule has 0 fully saturated rings. The van der Waals surface area contributed by atoms with Gasteiger partial charge in [0.15, 0.2) is 5.82 Å². The van der Waals surface area contributed by atoms with Gasteiger partial charge in [-0.25, -0.2) is 9.97 Å². The van der Waals surface area contributed by atoms with E-state index in [1.54, 1.807) is 20.3 Å². The van der Waals surface area contributed by atoms with Gasteiger partial charge in [-0.3, -0.25) is 0 Å². The average molecular weight is 358 g/mol. The van der Waals surface area contributed by atoms with Crippen molar-refractivity contribution in [3.63, 3.8) is 0 Å². The van der Waals surface area contributed by atoms with Crippen LogP contribution in [0.4, 0.5) is 0 Å². The van der Waals surface area contributed by atoms with Gasteiger partial charge in [-0.15, -0.1) is 0 Å². The van der Waals surface area contributed by atoms with Crippen LogP contribution in [0.5, 0.6) is 11.5 Å². The normalized spacial score (nSPS) is 10.4. The first-order valence-electron chi connectivity index (χ1n) is 6.05. The van der Waals surface area contributed by atoms with Crippen LogP contribution in [-0.2, 0) is 6.42 Å². The highest BCUT2D eigenvalue weighted by molar-refractivity contribution is 9.10. The molecular weight excluding hydrogens is 344 g/mol. The zero-order chi connectivity index (χ0) is 14.7. The van der Waals surface area contributed by atoms with E-state index in [9.17, 15) is 0 Å². The summed E-state index contributed by atoms with van der Waals surface area (Å²) in [5.41, 5.74) is 1.63. The molecule has 6 heteroatoms. The largest absolute Gasteiger partial charge is 0.497 e. The van der Waals surface area contributed by atoms with Crippen LogP contribution in [0.25, 0.3) is 11.4 Å². The summed E-state index contributed by atoms with van der Waals surface area (Å²) in [5, 5.41) is 0.393. The zero-order valence-corrected chi connectivity index (χ0v) is 13.7. The van der Waals surface area contributed by atoms with Gasteiger partial charge < -0.3 is 9.47 Å². The summed E-state index contributed by atoms with van der Waals surface area (Å²) in [6.45, 7) is 2.01. The molecule has 4 nitrogen and oxygen atoms in total. The summed E-state index contributed by atoms with van der Waals surface area (Å²) in [4.78, 5) is 8.83. The first kappa shape index (κ1) is 15.1. The smallest absolute Gasteiger partial charge is 0.164 e. The SMILES string of the molecule is CCc1nc(-c2ccc(OC)cc2OC)nc(Cl)c1Br. The van der Waals surface area contributed by atoms with Gasteiger partial charge in [0.05, 0.1) is 29.9 Å². The molecule has 0 saturated carbocycles. The van der Waals surface area contributed by atoms with Gasteiger partial charge in [0.2, 0.25) is 0 Å². The summed E-state index contributed by atoms with van der Waals surface area (Å²) in [6.07, 6.45) is 0.758. The molecule has 0 N–H and O–H groups in total. The van der Waals surface area contributed by atoms with Crippen LogP contribution in [0.15, 0.2) is 22.7 Å². The molecule has 1 aromatic heterocycles. The average Bonchev–Trinajstić information content (AvgIpc) is 2.49. The number of halogens is 2. The molecule has 2 aromatic rings. The number of ether oxygens (including phenoxy) is 2. The summed E-state index contributed by atoms with van der Waals surface area (Å²) in [7, 11) is 3.20. The Bertz CT molecular complexity index is 635. The Labute approximate surface area is 131 Å². The lowest BCUT2D eigenvalue weighted by Crippen LogP contribution is -1.99. The Balaban J connectivity index is 2.59. The molecule has 1 aromatic carbocycles. The van der Waals surface area contributed by atoms with E-state index >= 15 is 0 Å². The summed E-state index contributed by atoms with van der Waals surface area (Å²) < 4.78 is 11.3. The van der Waals surface area contributed by atoms with E-state index < -0.39 is 0 Å². The van der Waals surface area contributed by atoms with Crippen LogP contribution in [0.2, 0.25) is 5.15 Å².